The fourth-order valence-electron chi connectivity index (χ4n) is 1.92. The van der Waals surface area contributed by atoms with Gasteiger partial charge in [0.2, 0.25) is 0 Å². The number of rotatable bonds is 2. The Hall–Kier alpha value is -1.58. The molecule has 3 rings (SSSR count). The molecule has 1 fully saturated rings. The summed E-state index contributed by atoms with van der Waals surface area (Å²) >= 11 is 0. The predicted molar refractivity (Wildman–Crippen MR) is 57.2 cm³/mol. The first-order valence-electron chi connectivity index (χ1n) is 5.39. The smallest absolute Gasteiger partial charge is 0.272 e. The Morgan fingerprint density at radius 3 is 3.07 bits per heavy atom. The van der Waals surface area contributed by atoms with Crippen LogP contribution < -0.4 is 5.56 Å². The van der Waals surface area contributed by atoms with E-state index in [1.54, 1.807) is 6.07 Å². The molecule has 0 spiro atoms. The van der Waals surface area contributed by atoms with Crippen LogP contribution in [0.25, 0.3) is 5.65 Å². The average molecular weight is 203 g/mol. The SMILES string of the molecule is CCc1cc(=O)n2[nH]cc(C3CC3)c2n1. The van der Waals surface area contributed by atoms with Crippen LogP contribution in [0.15, 0.2) is 17.1 Å². The molecule has 2 aromatic heterocycles. The molecular weight excluding hydrogens is 190 g/mol. The summed E-state index contributed by atoms with van der Waals surface area (Å²) in [5.41, 5.74) is 2.88. The van der Waals surface area contributed by atoms with Crippen LogP contribution in [-0.4, -0.2) is 14.6 Å². The van der Waals surface area contributed by atoms with Gasteiger partial charge in [-0.25, -0.2) is 9.50 Å². The van der Waals surface area contributed by atoms with Gasteiger partial charge in [-0.1, -0.05) is 6.92 Å². The molecule has 2 heterocycles. The molecule has 1 saturated carbocycles. The second-order valence-corrected chi connectivity index (χ2v) is 4.10. The second kappa shape index (κ2) is 2.95. The molecule has 0 bridgehead atoms. The Balaban J connectivity index is 2.31. The molecule has 0 aromatic carbocycles. The summed E-state index contributed by atoms with van der Waals surface area (Å²) < 4.78 is 1.53. The molecule has 0 radical (unpaired) electrons. The van der Waals surface area contributed by atoms with Gasteiger partial charge in [0, 0.05) is 23.5 Å². The highest BCUT2D eigenvalue weighted by Gasteiger charge is 2.27. The second-order valence-electron chi connectivity index (χ2n) is 4.10. The standard InChI is InChI=1S/C11H13N3O/c1-2-8-5-10(15)14-11(13-8)9(6-12-14)7-3-4-7/h5-7,12H,2-4H2,1H3. The normalized spacial score (nSPS) is 16.1. The van der Waals surface area contributed by atoms with Gasteiger partial charge in [-0.3, -0.25) is 9.89 Å². The largest absolute Gasteiger partial charge is 0.297 e. The number of H-pyrrole nitrogens is 1. The van der Waals surface area contributed by atoms with Gasteiger partial charge < -0.3 is 0 Å². The summed E-state index contributed by atoms with van der Waals surface area (Å²) in [6.45, 7) is 2.02. The Morgan fingerprint density at radius 1 is 1.60 bits per heavy atom. The lowest BCUT2D eigenvalue weighted by molar-refractivity contribution is 0.875. The summed E-state index contributed by atoms with van der Waals surface area (Å²) in [6.07, 6.45) is 5.17. The third kappa shape index (κ3) is 1.28. The van der Waals surface area contributed by atoms with Crippen molar-refractivity contribution >= 4 is 5.65 Å². The quantitative estimate of drug-likeness (QED) is 0.803. The van der Waals surface area contributed by atoms with Crippen molar-refractivity contribution in [2.45, 2.75) is 32.1 Å². The van der Waals surface area contributed by atoms with Gasteiger partial charge in [-0.05, 0) is 25.2 Å². The zero-order valence-corrected chi connectivity index (χ0v) is 8.66. The predicted octanol–water partition coefficient (Wildman–Crippen LogP) is 1.46. The molecule has 2 aromatic rings. The minimum Gasteiger partial charge on any atom is -0.297 e. The number of aryl methyl sites for hydroxylation is 1. The van der Waals surface area contributed by atoms with Crippen molar-refractivity contribution in [3.05, 3.63) is 33.9 Å². The van der Waals surface area contributed by atoms with Gasteiger partial charge in [-0.2, -0.15) is 0 Å². The number of aromatic nitrogens is 3. The number of aromatic amines is 1. The van der Waals surface area contributed by atoms with Gasteiger partial charge in [0.25, 0.3) is 5.56 Å². The highest BCUT2D eigenvalue weighted by atomic mass is 16.1. The van der Waals surface area contributed by atoms with E-state index < -0.39 is 0 Å². The summed E-state index contributed by atoms with van der Waals surface area (Å²) in [6, 6.07) is 1.60. The molecule has 0 saturated heterocycles. The number of hydrogen-bond acceptors (Lipinski definition) is 2. The van der Waals surface area contributed by atoms with E-state index in [0.717, 1.165) is 17.8 Å². The highest BCUT2D eigenvalue weighted by Crippen LogP contribution is 2.41. The van der Waals surface area contributed by atoms with E-state index in [9.17, 15) is 4.79 Å². The van der Waals surface area contributed by atoms with Crippen LogP contribution in [0.5, 0.6) is 0 Å². The fraction of sp³-hybridized carbons (Fsp3) is 0.455. The van der Waals surface area contributed by atoms with E-state index >= 15 is 0 Å². The minimum atomic E-state index is -0.0104. The van der Waals surface area contributed by atoms with Gasteiger partial charge in [0.05, 0.1) is 0 Å². The van der Waals surface area contributed by atoms with Gasteiger partial charge in [-0.15, -0.1) is 0 Å². The Morgan fingerprint density at radius 2 is 2.40 bits per heavy atom. The molecule has 0 amide bonds. The Kier molecular flexibility index (Phi) is 1.71. The van der Waals surface area contributed by atoms with Gasteiger partial charge >= 0.3 is 0 Å². The highest BCUT2D eigenvalue weighted by molar-refractivity contribution is 5.50. The fourth-order valence-corrected chi connectivity index (χ4v) is 1.92. The topological polar surface area (TPSA) is 50.2 Å². The lowest BCUT2D eigenvalue weighted by atomic mass is 10.2. The first-order valence-corrected chi connectivity index (χ1v) is 5.39. The summed E-state index contributed by atoms with van der Waals surface area (Å²) in [4.78, 5) is 16.2. The zero-order chi connectivity index (χ0) is 10.4. The molecule has 15 heavy (non-hydrogen) atoms. The van der Waals surface area contributed by atoms with E-state index in [1.165, 1.54) is 22.9 Å². The van der Waals surface area contributed by atoms with Crippen molar-refractivity contribution in [3.8, 4) is 0 Å². The lowest BCUT2D eigenvalue weighted by Crippen LogP contribution is -2.15. The van der Waals surface area contributed by atoms with Crippen molar-refractivity contribution in [2.24, 2.45) is 0 Å². The van der Waals surface area contributed by atoms with Crippen molar-refractivity contribution < 1.29 is 0 Å². The molecule has 4 heteroatoms. The lowest BCUT2D eigenvalue weighted by Gasteiger charge is -1.98. The van der Waals surface area contributed by atoms with Crippen molar-refractivity contribution in [3.63, 3.8) is 0 Å². The van der Waals surface area contributed by atoms with Crippen LogP contribution >= 0.6 is 0 Å². The first-order chi connectivity index (χ1) is 7.29. The van der Waals surface area contributed by atoms with Gasteiger partial charge in [0.1, 0.15) is 0 Å². The van der Waals surface area contributed by atoms with Crippen LogP contribution in [0.2, 0.25) is 0 Å². The van der Waals surface area contributed by atoms with Crippen LogP contribution in [0.1, 0.15) is 36.9 Å². The summed E-state index contributed by atoms with van der Waals surface area (Å²) in [7, 11) is 0. The maximum Gasteiger partial charge on any atom is 0.272 e. The summed E-state index contributed by atoms with van der Waals surface area (Å²) in [5.74, 6) is 0.616. The van der Waals surface area contributed by atoms with Crippen LogP contribution in [-0.2, 0) is 6.42 Å². The number of fused-ring (bicyclic) bond motifs is 1. The Bertz CT molecular complexity index is 563. The number of hydrogen-bond donors (Lipinski definition) is 1. The third-order valence-electron chi connectivity index (χ3n) is 2.96. The molecule has 0 aliphatic heterocycles. The molecular formula is C11H13N3O. The average Bonchev–Trinajstić information content (AvgIpc) is 2.99. The molecule has 1 aliphatic rings. The van der Waals surface area contributed by atoms with Crippen molar-refractivity contribution in [1.82, 2.24) is 14.6 Å². The maximum atomic E-state index is 11.7. The van der Waals surface area contributed by atoms with Gasteiger partial charge in [0.15, 0.2) is 5.65 Å². The molecule has 1 N–H and O–H groups in total. The van der Waals surface area contributed by atoms with Crippen molar-refractivity contribution in [1.29, 1.82) is 0 Å². The maximum absolute atomic E-state index is 11.7. The Labute approximate surface area is 86.9 Å². The minimum absolute atomic E-state index is 0.0104. The molecule has 78 valence electrons. The summed E-state index contributed by atoms with van der Waals surface area (Å²) in [5, 5.41) is 2.97. The molecule has 0 unspecified atom stereocenters. The molecule has 0 atom stereocenters. The van der Waals surface area contributed by atoms with E-state index in [-0.39, 0.29) is 5.56 Å². The number of nitrogens with zero attached hydrogens (tertiary/aromatic N) is 2. The first kappa shape index (κ1) is 8.71. The van der Waals surface area contributed by atoms with Crippen LogP contribution in [0, 0.1) is 0 Å². The number of nitrogens with one attached hydrogen (secondary N) is 1. The molecule has 4 nitrogen and oxygen atoms in total. The third-order valence-corrected chi connectivity index (χ3v) is 2.96. The van der Waals surface area contributed by atoms with Crippen LogP contribution in [0.4, 0.5) is 0 Å². The monoisotopic (exact) mass is 203 g/mol. The van der Waals surface area contributed by atoms with Crippen molar-refractivity contribution in [2.75, 3.05) is 0 Å². The van der Waals surface area contributed by atoms with E-state index in [0.29, 0.717) is 5.92 Å². The molecule has 1 aliphatic carbocycles. The van der Waals surface area contributed by atoms with E-state index in [2.05, 4.69) is 10.1 Å². The zero-order valence-electron chi connectivity index (χ0n) is 8.66. The van der Waals surface area contributed by atoms with E-state index in [4.69, 9.17) is 0 Å². The van der Waals surface area contributed by atoms with Crippen LogP contribution in [0.3, 0.4) is 0 Å². The van der Waals surface area contributed by atoms with E-state index in [1.807, 2.05) is 13.1 Å².